The van der Waals surface area contributed by atoms with Crippen molar-refractivity contribution in [2.24, 2.45) is 21.5 Å². The molecule has 0 radical (unpaired) electrons. The minimum atomic E-state index is -4.11. The van der Waals surface area contributed by atoms with E-state index >= 15 is 0 Å². The molecule has 2 heterocycles. The van der Waals surface area contributed by atoms with Gasteiger partial charge < -0.3 is 16.8 Å². The molecule has 5 rings (SSSR count). The Kier molecular flexibility index (Phi) is 6.56. The van der Waals surface area contributed by atoms with Crippen molar-refractivity contribution in [3.63, 3.8) is 0 Å². The first-order chi connectivity index (χ1) is 17.7. The van der Waals surface area contributed by atoms with Crippen molar-refractivity contribution in [2.45, 2.75) is 42.7 Å². The smallest absolute Gasteiger partial charge is 0.264 e. The van der Waals surface area contributed by atoms with Crippen molar-refractivity contribution < 1.29 is 8.42 Å². The Morgan fingerprint density at radius 1 is 0.919 bits per heavy atom. The van der Waals surface area contributed by atoms with Gasteiger partial charge in [-0.15, -0.1) is 0 Å². The molecule has 1 spiro atoms. The number of guanidine groups is 2. The van der Waals surface area contributed by atoms with Crippen LogP contribution in [0.3, 0.4) is 0 Å². The highest BCUT2D eigenvalue weighted by Crippen LogP contribution is 2.40. The van der Waals surface area contributed by atoms with Crippen molar-refractivity contribution in [2.75, 3.05) is 14.9 Å². The summed E-state index contributed by atoms with van der Waals surface area (Å²) < 4.78 is 29.0. The minimum Gasteiger partial charge on any atom is -0.369 e. The predicted molar refractivity (Wildman–Crippen MR) is 143 cm³/mol. The number of nitrogens with one attached hydrogen (secondary N) is 2. The number of hydrogen-bond donors (Lipinski definition) is 4. The van der Waals surface area contributed by atoms with Crippen LogP contribution in [0.2, 0.25) is 5.28 Å². The second-order valence-electron chi connectivity index (χ2n) is 8.66. The maximum absolute atomic E-state index is 13.3. The van der Waals surface area contributed by atoms with Gasteiger partial charge in [0, 0.05) is 11.4 Å². The van der Waals surface area contributed by atoms with E-state index in [1.807, 2.05) is 18.2 Å². The molecule has 1 aliphatic carbocycles. The van der Waals surface area contributed by atoms with E-state index in [1.165, 1.54) is 12.1 Å². The Balaban J connectivity index is 1.44. The molecule has 2 aliphatic rings. The molecular formula is C23H25ClN10O2S. The Morgan fingerprint density at radius 2 is 1.65 bits per heavy atom. The summed E-state index contributed by atoms with van der Waals surface area (Å²) in [5.41, 5.74) is 12.8. The van der Waals surface area contributed by atoms with E-state index in [9.17, 15) is 8.42 Å². The van der Waals surface area contributed by atoms with E-state index in [4.69, 9.17) is 23.1 Å². The van der Waals surface area contributed by atoms with Crippen LogP contribution < -0.4 is 26.4 Å². The van der Waals surface area contributed by atoms with Gasteiger partial charge in [-0.2, -0.15) is 19.9 Å². The molecule has 6 N–H and O–H groups in total. The van der Waals surface area contributed by atoms with Crippen LogP contribution in [0.15, 0.2) is 69.5 Å². The van der Waals surface area contributed by atoms with Gasteiger partial charge in [0.05, 0.1) is 4.90 Å². The van der Waals surface area contributed by atoms with Gasteiger partial charge in [0.2, 0.25) is 29.1 Å². The van der Waals surface area contributed by atoms with Crippen LogP contribution in [-0.2, 0) is 10.0 Å². The van der Waals surface area contributed by atoms with Gasteiger partial charge >= 0.3 is 0 Å². The molecule has 1 aliphatic heterocycles. The number of hydrogen-bond acceptors (Lipinski definition) is 11. The molecule has 3 aromatic rings. The van der Waals surface area contributed by atoms with Crippen molar-refractivity contribution >= 4 is 56.8 Å². The third kappa shape index (κ3) is 5.27. The van der Waals surface area contributed by atoms with Gasteiger partial charge in [0.1, 0.15) is 5.66 Å². The summed E-state index contributed by atoms with van der Waals surface area (Å²) in [6.45, 7) is 0. The molecule has 0 atom stereocenters. The Bertz CT molecular complexity index is 1470. The highest BCUT2D eigenvalue weighted by atomic mass is 35.5. The van der Waals surface area contributed by atoms with E-state index in [-0.39, 0.29) is 34.0 Å². The zero-order valence-electron chi connectivity index (χ0n) is 19.7. The number of sulfonamides is 1. The molecule has 192 valence electrons. The van der Waals surface area contributed by atoms with E-state index in [0.717, 1.165) is 32.1 Å². The minimum absolute atomic E-state index is 0.0274. The van der Waals surface area contributed by atoms with Gasteiger partial charge in [-0.25, -0.2) is 18.1 Å². The number of anilines is 4. The van der Waals surface area contributed by atoms with Gasteiger partial charge in [-0.1, -0.05) is 30.7 Å². The summed E-state index contributed by atoms with van der Waals surface area (Å²) in [6.07, 6.45) is 4.41. The van der Waals surface area contributed by atoms with Gasteiger partial charge in [0.25, 0.3) is 10.0 Å². The largest absolute Gasteiger partial charge is 0.369 e. The third-order valence-electron chi connectivity index (χ3n) is 6.10. The second kappa shape index (κ2) is 9.82. The Morgan fingerprint density at radius 3 is 2.41 bits per heavy atom. The number of nitrogens with zero attached hydrogens (tertiary/aromatic N) is 6. The lowest BCUT2D eigenvalue weighted by Crippen LogP contribution is -2.58. The molecule has 0 amide bonds. The molecule has 1 fully saturated rings. The fourth-order valence-corrected chi connectivity index (χ4v) is 5.71. The highest BCUT2D eigenvalue weighted by Gasteiger charge is 2.42. The standard InChI is InChI=1S/C23H25ClN10O2S/c24-18-28-21(27-15-8-3-1-4-9-15)31-22(29-18)33-37(35,36)17-11-7-10-16(14-17)34-20(26)30-19(25)32-23(34)12-5-2-6-13-23/h1,3-4,7-11,14H,2,5-6,12-13H2,(H4,25,26,30,32)(H2,27,28,29,31,33). The molecule has 37 heavy (non-hydrogen) atoms. The zero-order valence-corrected chi connectivity index (χ0v) is 21.2. The number of halogens is 1. The van der Waals surface area contributed by atoms with Crippen LogP contribution in [0.4, 0.5) is 23.3 Å². The number of aromatic nitrogens is 3. The maximum Gasteiger partial charge on any atom is 0.264 e. The van der Waals surface area contributed by atoms with Crippen molar-refractivity contribution in [3.8, 4) is 0 Å². The first kappa shape index (κ1) is 24.7. The van der Waals surface area contributed by atoms with E-state index in [2.05, 4.69) is 35.0 Å². The quantitative estimate of drug-likeness (QED) is 0.365. The van der Waals surface area contributed by atoms with Crippen molar-refractivity contribution in [3.05, 3.63) is 59.9 Å². The summed E-state index contributed by atoms with van der Waals surface area (Å²) in [7, 11) is -4.11. The van der Waals surface area contributed by atoms with Gasteiger partial charge in [0.15, 0.2) is 0 Å². The van der Waals surface area contributed by atoms with E-state index in [1.54, 1.807) is 29.2 Å². The Labute approximate surface area is 219 Å². The van der Waals surface area contributed by atoms with Gasteiger partial charge in [-0.3, -0.25) is 4.90 Å². The number of aliphatic imine (C=N–C) groups is 2. The molecule has 0 bridgehead atoms. The fraction of sp³-hybridized carbons (Fsp3) is 0.261. The lowest BCUT2D eigenvalue weighted by Gasteiger charge is -2.45. The summed E-state index contributed by atoms with van der Waals surface area (Å²) in [4.78, 5) is 22.6. The molecule has 0 unspecified atom stereocenters. The summed E-state index contributed by atoms with van der Waals surface area (Å²) in [5.74, 6) is 0.138. The first-order valence-electron chi connectivity index (χ1n) is 11.6. The van der Waals surface area contributed by atoms with Crippen LogP contribution in [0.1, 0.15) is 32.1 Å². The topological polar surface area (TPSA) is 177 Å². The van der Waals surface area contributed by atoms with Crippen molar-refractivity contribution in [1.82, 2.24) is 15.0 Å². The average Bonchev–Trinajstić information content (AvgIpc) is 2.84. The SMILES string of the molecule is NC1=NC2(CCCCC2)N(c2cccc(S(=O)(=O)Nc3nc(Cl)nc(Nc4ccccc4)n3)c2)C(N)=N1. The maximum atomic E-state index is 13.3. The highest BCUT2D eigenvalue weighted by molar-refractivity contribution is 7.92. The predicted octanol–water partition coefficient (Wildman–Crippen LogP) is 3.18. The summed E-state index contributed by atoms with van der Waals surface area (Å²) in [5, 5.41) is 2.79. The molecule has 0 saturated heterocycles. The van der Waals surface area contributed by atoms with E-state index in [0.29, 0.717) is 11.4 Å². The average molecular weight is 541 g/mol. The molecule has 12 nitrogen and oxygen atoms in total. The summed E-state index contributed by atoms with van der Waals surface area (Å²) in [6, 6.07) is 15.5. The monoisotopic (exact) mass is 540 g/mol. The van der Waals surface area contributed by atoms with Crippen molar-refractivity contribution in [1.29, 1.82) is 0 Å². The lowest BCUT2D eigenvalue weighted by molar-refractivity contribution is 0.305. The van der Waals surface area contributed by atoms with Crippen LogP contribution in [0, 0.1) is 0 Å². The fourth-order valence-electron chi connectivity index (χ4n) is 4.57. The molecular weight excluding hydrogens is 516 g/mol. The Hall–Kier alpha value is -3.97. The summed E-state index contributed by atoms with van der Waals surface area (Å²) >= 11 is 6.03. The van der Waals surface area contributed by atoms with Crippen LogP contribution in [-0.4, -0.2) is 41.0 Å². The number of benzene rings is 2. The number of para-hydroxylation sites is 1. The normalized spacial score (nSPS) is 17.2. The van der Waals surface area contributed by atoms with Crippen LogP contribution in [0.25, 0.3) is 0 Å². The van der Waals surface area contributed by atoms with E-state index < -0.39 is 15.7 Å². The third-order valence-corrected chi connectivity index (χ3v) is 7.60. The lowest BCUT2D eigenvalue weighted by atomic mass is 9.87. The number of nitrogens with two attached hydrogens (primary N) is 2. The van der Waals surface area contributed by atoms with Crippen LogP contribution >= 0.6 is 11.6 Å². The number of rotatable bonds is 6. The zero-order chi connectivity index (χ0) is 26.0. The van der Waals surface area contributed by atoms with Crippen LogP contribution in [0.5, 0.6) is 0 Å². The molecule has 1 aromatic heterocycles. The molecule has 2 aromatic carbocycles. The molecule has 1 saturated carbocycles. The first-order valence-corrected chi connectivity index (χ1v) is 13.5. The second-order valence-corrected chi connectivity index (χ2v) is 10.7. The van der Waals surface area contributed by atoms with Gasteiger partial charge in [-0.05, 0) is 67.6 Å². The molecule has 14 heteroatoms.